The van der Waals surface area contributed by atoms with E-state index in [-0.39, 0.29) is 12.0 Å². The fourth-order valence-electron chi connectivity index (χ4n) is 2.06. The fraction of sp³-hybridized carbons (Fsp3) is 0.462. The van der Waals surface area contributed by atoms with Gasteiger partial charge in [0.15, 0.2) is 0 Å². The predicted octanol–water partition coefficient (Wildman–Crippen LogP) is 2.33. The Balaban J connectivity index is 2.19. The topological polar surface area (TPSA) is 64.3 Å². The molecule has 1 unspecified atom stereocenters. The van der Waals surface area contributed by atoms with Crippen molar-refractivity contribution in [1.29, 1.82) is 0 Å². The second-order valence-electron chi connectivity index (χ2n) is 4.49. The number of carbonyl (C=O) groups excluding carboxylic acids is 1. The van der Waals surface area contributed by atoms with E-state index in [1.165, 1.54) is 0 Å². The van der Waals surface area contributed by atoms with Crippen LogP contribution < -0.4 is 15.8 Å². The van der Waals surface area contributed by atoms with Gasteiger partial charge >= 0.3 is 0 Å². The zero-order valence-electron chi connectivity index (χ0n) is 10.2. The van der Waals surface area contributed by atoms with Gasteiger partial charge in [0.1, 0.15) is 5.75 Å². The van der Waals surface area contributed by atoms with Crippen LogP contribution in [0.25, 0.3) is 0 Å². The van der Waals surface area contributed by atoms with Crippen molar-refractivity contribution >= 4 is 17.3 Å². The smallest absolute Gasteiger partial charge is 0.228 e. The molecular formula is C13H18N2O2. The van der Waals surface area contributed by atoms with E-state index in [0.29, 0.717) is 17.9 Å². The van der Waals surface area contributed by atoms with E-state index in [2.05, 4.69) is 12.2 Å². The van der Waals surface area contributed by atoms with E-state index >= 15 is 0 Å². The van der Waals surface area contributed by atoms with Gasteiger partial charge in [-0.3, -0.25) is 4.79 Å². The molecule has 0 bridgehead atoms. The minimum absolute atomic E-state index is 0.0122. The van der Waals surface area contributed by atoms with E-state index in [1.807, 2.05) is 19.1 Å². The first kappa shape index (κ1) is 11.8. The quantitative estimate of drug-likeness (QED) is 0.786. The minimum atomic E-state index is 0.0122. The number of hydrogen-bond donors (Lipinski definition) is 2. The van der Waals surface area contributed by atoms with E-state index < -0.39 is 0 Å². The summed E-state index contributed by atoms with van der Waals surface area (Å²) in [5.74, 6) is 0.671. The molecule has 3 N–H and O–H groups in total. The number of rotatable bonds is 4. The van der Waals surface area contributed by atoms with Crippen LogP contribution in [0.15, 0.2) is 12.1 Å². The standard InChI is InChI=1S/C13H18N2O2/c1-3-4-8(2)17-12-7-11-9(5-10(12)14)6-13(16)15-11/h5,7-8H,3-4,6,14H2,1-2H3,(H,15,16). The lowest BCUT2D eigenvalue weighted by molar-refractivity contribution is -0.115. The summed E-state index contributed by atoms with van der Waals surface area (Å²) in [6.45, 7) is 4.14. The molecule has 0 saturated carbocycles. The molecule has 92 valence electrons. The number of nitrogen functional groups attached to an aromatic ring is 1. The van der Waals surface area contributed by atoms with Crippen LogP contribution in [-0.4, -0.2) is 12.0 Å². The number of hydrogen-bond acceptors (Lipinski definition) is 3. The van der Waals surface area contributed by atoms with Crippen LogP contribution in [0.4, 0.5) is 11.4 Å². The molecule has 1 atom stereocenters. The van der Waals surface area contributed by atoms with Crippen LogP contribution in [0.3, 0.4) is 0 Å². The normalized spacial score (nSPS) is 15.3. The van der Waals surface area contributed by atoms with Crippen molar-refractivity contribution in [3.8, 4) is 5.75 Å². The van der Waals surface area contributed by atoms with Gasteiger partial charge in [-0.2, -0.15) is 0 Å². The van der Waals surface area contributed by atoms with Crippen molar-refractivity contribution < 1.29 is 9.53 Å². The van der Waals surface area contributed by atoms with Crippen molar-refractivity contribution in [2.75, 3.05) is 11.1 Å². The van der Waals surface area contributed by atoms with Crippen molar-refractivity contribution in [2.24, 2.45) is 0 Å². The Morgan fingerprint density at radius 1 is 1.53 bits per heavy atom. The molecule has 0 aliphatic carbocycles. The van der Waals surface area contributed by atoms with Crippen molar-refractivity contribution in [2.45, 2.75) is 39.2 Å². The summed E-state index contributed by atoms with van der Waals surface area (Å²) in [5.41, 5.74) is 8.29. The third kappa shape index (κ3) is 2.52. The highest BCUT2D eigenvalue weighted by molar-refractivity contribution is 6.00. The van der Waals surface area contributed by atoms with Gasteiger partial charge in [0.25, 0.3) is 0 Å². The molecule has 4 heteroatoms. The number of anilines is 2. The van der Waals surface area contributed by atoms with Crippen molar-refractivity contribution in [3.05, 3.63) is 17.7 Å². The summed E-state index contributed by atoms with van der Waals surface area (Å²) in [4.78, 5) is 11.3. The second-order valence-corrected chi connectivity index (χ2v) is 4.49. The van der Waals surface area contributed by atoms with Gasteiger partial charge in [-0.25, -0.2) is 0 Å². The van der Waals surface area contributed by atoms with E-state index in [9.17, 15) is 4.79 Å². The van der Waals surface area contributed by atoms with Crippen LogP contribution in [0, 0.1) is 0 Å². The third-order valence-corrected chi connectivity index (χ3v) is 2.88. The van der Waals surface area contributed by atoms with Gasteiger partial charge in [0, 0.05) is 11.8 Å². The second kappa shape index (κ2) is 4.65. The minimum Gasteiger partial charge on any atom is -0.488 e. The van der Waals surface area contributed by atoms with Gasteiger partial charge in [-0.05, 0) is 25.0 Å². The Morgan fingerprint density at radius 2 is 2.29 bits per heavy atom. The summed E-state index contributed by atoms with van der Waals surface area (Å²) in [6, 6.07) is 3.64. The fourth-order valence-corrected chi connectivity index (χ4v) is 2.06. The van der Waals surface area contributed by atoms with Crippen LogP contribution in [-0.2, 0) is 11.2 Å². The van der Waals surface area contributed by atoms with Gasteiger partial charge in [-0.1, -0.05) is 13.3 Å². The number of nitrogens with one attached hydrogen (secondary N) is 1. The van der Waals surface area contributed by atoms with E-state index in [0.717, 1.165) is 24.1 Å². The molecule has 0 aromatic heterocycles. The molecule has 1 aromatic carbocycles. The van der Waals surface area contributed by atoms with Gasteiger partial charge in [0.2, 0.25) is 5.91 Å². The summed E-state index contributed by atoms with van der Waals surface area (Å²) < 4.78 is 5.77. The summed E-state index contributed by atoms with van der Waals surface area (Å²) in [5, 5.41) is 2.80. The Labute approximate surface area is 101 Å². The molecule has 1 aliphatic rings. The van der Waals surface area contributed by atoms with Crippen molar-refractivity contribution in [3.63, 3.8) is 0 Å². The molecule has 1 aliphatic heterocycles. The lowest BCUT2D eigenvalue weighted by Gasteiger charge is -2.16. The Kier molecular flexibility index (Phi) is 3.22. The number of ether oxygens (including phenoxy) is 1. The van der Waals surface area contributed by atoms with Crippen LogP contribution in [0.5, 0.6) is 5.75 Å². The molecule has 4 nitrogen and oxygen atoms in total. The lowest BCUT2D eigenvalue weighted by Crippen LogP contribution is -2.12. The van der Waals surface area contributed by atoms with Crippen molar-refractivity contribution in [1.82, 2.24) is 0 Å². The molecule has 2 rings (SSSR count). The first-order valence-corrected chi connectivity index (χ1v) is 5.99. The summed E-state index contributed by atoms with van der Waals surface area (Å²) in [6.07, 6.45) is 2.60. The largest absolute Gasteiger partial charge is 0.488 e. The molecular weight excluding hydrogens is 216 g/mol. The highest BCUT2D eigenvalue weighted by Crippen LogP contribution is 2.33. The number of carbonyl (C=O) groups is 1. The maximum absolute atomic E-state index is 11.3. The summed E-state index contributed by atoms with van der Waals surface area (Å²) in [7, 11) is 0. The molecule has 0 fully saturated rings. The predicted molar refractivity (Wildman–Crippen MR) is 68.2 cm³/mol. The first-order valence-electron chi connectivity index (χ1n) is 5.99. The number of amides is 1. The van der Waals surface area contributed by atoms with E-state index in [4.69, 9.17) is 10.5 Å². The number of benzene rings is 1. The molecule has 17 heavy (non-hydrogen) atoms. The number of fused-ring (bicyclic) bond motifs is 1. The monoisotopic (exact) mass is 234 g/mol. The molecule has 0 radical (unpaired) electrons. The van der Waals surface area contributed by atoms with Gasteiger partial charge < -0.3 is 15.8 Å². The Bertz CT molecular complexity index is 443. The molecule has 0 spiro atoms. The SMILES string of the molecule is CCCC(C)Oc1cc2c(cc1N)CC(=O)N2. The van der Waals surface area contributed by atoms with E-state index in [1.54, 1.807) is 0 Å². The third-order valence-electron chi connectivity index (χ3n) is 2.88. The zero-order chi connectivity index (χ0) is 12.4. The average Bonchev–Trinajstić information content (AvgIpc) is 2.58. The molecule has 1 amide bonds. The zero-order valence-corrected chi connectivity index (χ0v) is 10.2. The van der Waals surface area contributed by atoms with Gasteiger partial charge in [-0.15, -0.1) is 0 Å². The van der Waals surface area contributed by atoms with Crippen LogP contribution in [0.2, 0.25) is 0 Å². The Hall–Kier alpha value is -1.71. The molecule has 1 aromatic rings. The van der Waals surface area contributed by atoms with Gasteiger partial charge in [0.05, 0.1) is 18.2 Å². The van der Waals surface area contributed by atoms with Crippen LogP contribution in [0.1, 0.15) is 32.3 Å². The van der Waals surface area contributed by atoms with Crippen LogP contribution >= 0.6 is 0 Å². The lowest BCUT2D eigenvalue weighted by atomic mass is 10.1. The molecule has 1 heterocycles. The maximum atomic E-state index is 11.3. The average molecular weight is 234 g/mol. The molecule has 0 saturated heterocycles. The Morgan fingerprint density at radius 3 is 3.00 bits per heavy atom. The summed E-state index contributed by atoms with van der Waals surface area (Å²) >= 11 is 0. The number of nitrogens with two attached hydrogens (primary N) is 1. The highest BCUT2D eigenvalue weighted by Gasteiger charge is 2.20. The maximum Gasteiger partial charge on any atom is 0.228 e. The first-order chi connectivity index (χ1) is 8.10. The highest BCUT2D eigenvalue weighted by atomic mass is 16.5.